The summed E-state index contributed by atoms with van der Waals surface area (Å²) >= 11 is 1.41. The molecule has 1 unspecified atom stereocenters. The molecular weight excluding hydrogens is 285 g/mol. The molecule has 0 aromatic heterocycles. The minimum atomic E-state index is -0.706. The van der Waals surface area contributed by atoms with Crippen LogP contribution in [-0.4, -0.2) is 11.0 Å². The number of amides is 1. The Hall–Kier alpha value is -1.94. The highest BCUT2D eigenvalue weighted by molar-refractivity contribution is 8.15. The molecule has 21 heavy (non-hydrogen) atoms. The third kappa shape index (κ3) is 2.63. The summed E-state index contributed by atoms with van der Waals surface area (Å²) in [4.78, 5) is 16.4. The number of hydrogen-bond acceptors (Lipinski definition) is 2. The van der Waals surface area contributed by atoms with Crippen molar-refractivity contribution in [3.8, 4) is 0 Å². The second kappa shape index (κ2) is 5.45. The van der Waals surface area contributed by atoms with Gasteiger partial charge in [-0.1, -0.05) is 60.3 Å². The van der Waals surface area contributed by atoms with Crippen molar-refractivity contribution in [2.24, 2.45) is 4.99 Å². The molecule has 2 nitrogen and oxygen atoms in total. The van der Waals surface area contributed by atoms with Gasteiger partial charge in [0.1, 0.15) is 10.6 Å². The van der Waals surface area contributed by atoms with Crippen LogP contribution in [0.3, 0.4) is 0 Å². The number of carbonyl (C=O) groups is 1. The molecule has 1 amide bonds. The van der Waals surface area contributed by atoms with E-state index in [1.165, 1.54) is 17.8 Å². The molecule has 2 aromatic carbocycles. The number of aliphatic imine (C=N–C) groups is 1. The Kier molecular flexibility index (Phi) is 3.64. The van der Waals surface area contributed by atoms with Gasteiger partial charge in [-0.25, -0.2) is 9.38 Å². The minimum Gasteiger partial charge on any atom is -0.271 e. The summed E-state index contributed by atoms with van der Waals surface area (Å²) in [5.74, 6) is -0.438. The van der Waals surface area contributed by atoms with Crippen molar-refractivity contribution in [1.29, 1.82) is 0 Å². The maximum absolute atomic E-state index is 13.7. The summed E-state index contributed by atoms with van der Waals surface area (Å²) in [6, 6.07) is 16.2. The van der Waals surface area contributed by atoms with Gasteiger partial charge in [0, 0.05) is 6.42 Å². The van der Waals surface area contributed by atoms with Gasteiger partial charge in [-0.05, 0) is 24.1 Å². The molecule has 0 bridgehead atoms. The van der Waals surface area contributed by atoms with Gasteiger partial charge >= 0.3 is 0 Å². The van der Waals surface area contributed by atoms with E-state index in [1.807, 2.05) is 37.3 Å². The standard InChI is InChI=1S/C17H14FNOS/c1-17(13-8-3-2-4-9-13)16(20)19-15(21-17)11-12-7-5-6-10-14(12)18/h2-10H,11H2,1H3. The lowest BCUT2D eigenvalue weighted by atomic mass is 10.00. The maximum Gasteiger partial charge on any atom is 0.267 e. The molecular formula is C17H14FNOS. The van der Waals surface area contributed by atoms with Crippen molar-refractivity contribution < 1.29 is 9.18 Å². The highest BCUT2D eigenvalue weighted by Crippen LogP contribution is 2.43. The van der Waals surface area contributed by atoms with Gasteiger partial charge < -0.3 is 0 Å². The average molecular weight is 299 g/mol. The Morgan fingerprint density at radius 1 is 1.10 bits per heavy atom. The first-order valence-corrected chi connectivity index (χ1v) is 7.51. The number of carbonyl (C=O) groups excluding carboxylic acids is 1. The van der Waals surface area contributed by atoms with E-state index in [0.29, 0.717) is 17.0 Å². The van der Waals surface area contributed by atoms with Crippen LogP contribution < -0.4 is 0 Å². The molecule has 0 saturated carbocycles. The highest BCUT2D eigenvalue weighted by Gasteiger charge is 2.42. The van der Waals surface area contributed by atoms with Gasteiger partial charge in [0.2, 0.25) is 0 Å². The van der Waals surface area contributed by atoms with Crippen LogP contribution >= 0.6 is 11.8 Å². The molecule has 0 fully saturated rings. The Balaban J connectivity index is 1.84. The molecule has 3 rings (SSSR count). The van der Waals surface area contributed by atoms with E-state index >= 15 is 0 Å². The van der Waals surface area contributed by atoms with Crippen molar-refractivity contribution in [1.82, 2.24) is 0 Å². The first kappa shape index (κ1) is 14.0. The van der Waals surface area contributed by atoms with Gasteiger partial charge in [0.15, 0.2) is 0 Å². The predicted molar refractivity (Wildman–Crippen MR) is 83.9 cm³/mol. The maximum atomic E-state index is 13.7. The molecule has 1 atom stereocenters. The lowest BCUT2D eigenvalue weighted by molar-refractivity contribution is -0.119. The van der Waals surface area contributed by atoms with Gasteiger partial charge in [0.25, 0.3) is 5.91 Å². The molecule has 106 valence electrons. The largest absolute Gasteiger partial charge is 0.271 e. The second-order valence-electron chi connectivity index (χ2n) is 5.08. The summed E-state index contributed by atoms with van der Waals surface area (Å²) < 4.78 is 13.0. The minimum absolute atomic E-state index is 0.176. The fourth-order valence-corrected chi connectivity index (χ4v) is 3.56. The molecule has 1 aliphatic rings. The van der Waals surface area contributed by atoms with E-state index < -0.39 is 4.75 Å². The van der Waals surface area contributed by atoms with E-state index in [2.05, 4.69) is 4.99 Å². The SMILES string of the molecule is CC1(c2ccccc2)SC(Cc2ccccc2F)=NC1=O. The van der Waals surface area contributed by atoms with Crippen LogP contribution in [0.25, 0.3) is 0 Å². The molecule has 0 saturated heterocycles. The van der Waals surface area contributed by atoms with Crippen molar-refractivity contribution in [3.05, 3.63) is 71.5 Å². The third-order valence-corrected chi connectivity index (χ3v) is 4.87. The van der Waals surface area contributed by atoms with Crippen LogP contribution in [0.2, 0.25) is 0 Å². The molecule has 1 aliphatic heterocycles. The zero-order valence-corrected chi connectivity index (χ0v) is 12.4. The first-order valence-electron chi connectivity index (χ1n) is 6.69. The van der Waals surface area contributed by atoms with Gasteiger partial charge in [0.05, 0.1) is 5.04 Å². The topological polar surface area (TPSA) is 29.4 Å². The number of nitrogens with zero attached hydrogens (tertiary/aromatic N) is 1. The normalized spacial score (nSPS) is 21.4. The summed E-state index contributed by atoms with van der Waals surface area (Å²) in [6.45, 7) is 1.87. The highest BCUT2D eigenvalue weighted by atomic mass is 32.2. The Bertz CT molecular complexity index is 714. The lowest BCUT2D eigenvalue weighted by Gasteiger charge is -2.20. The van der Waals surface area contributed by atoms with E-state index in [-0.39, 0.29) is 11.7 Å². The molecule has 0 N–H and O–H groups in total. The van der Waals surface area contributed by atoms with Crippen LogP contribution in [0.5, 0.6) is 0 Å². The summed E-state index contributed by atoms with van der Waals surface area (Å²) in [7, 11) is 0. The quantitative estimate of drug-likeness (QED) is 0.858. The van der Waals surface area contributed by atoms with E-state index in [0.717, 1.165) is 5.56 Å². The zero-order valence-electron chi connectivity index (χ0n) is 11.5. The van der Waals surface area contributed by atoms with E-state index in [4.69, 9.17) is 0 Å². The van der Waals surface area contributed by atoms with Gasteiger partial charge in [-0.15, -0.1) is 0 Å². The zero-order chi connectivity index (χ0) is 14.9. The van der Waals surface area contributed by atoms with Gasteiger partial charge in [-0.2, -0.15) is 0 Å². The van der Waals surface area contributed by atoms with Crippen molar-refractivity contribution in [3.63, 3.8) is 0 Å². The Morgan fingerprint density at radius 3 is 2.48 bits per heavy atom. The van der Waals surface area contributed by atoms with Crippen LogP contribution in [-0.2, 0) is 16.0 Å². The number of hydrogen-bond donors (Lipinski definition) is 0. The molecule has 1 heterocycles. The van der Waals surface area contributed by atoms with E-state index in [9.17, 15) is 9.18 Å². The number of halogens is 1. The third-order valence-electron chi connectivity index (χ3n) is 3.58. The van der Waals surface area contributed by atoms with Crippen molar-refractivity contribution >= 4 is 22.7 Å². The fraction of sp³-hybridized carbons (Fsp3) is 0.176. The predicted octanol–water partition coefficient (Wildman–Crippen LogP) is 3.96. The summed E-state index contributed by atoms with van der Waals surface area (Å²) in [6.07, 6.45) is 0.353. The number of rotatable bonds is 3. The molecule has 0 spiro atoms. The van der Waals surface area contributed by atoms with Crippen molar-refractivity contribution in [2.75, 3.05) is 0 Å². The van der Waals surface area contributed by atoms with Crippen LogP contribution in [0.4, 0.5) is 4.39 Å². The molecule has 4 heteroatoms. The van der Waals surface area contributed by atoms with Crippen LogP contribution in [0, 0.1) is 5.82 Å². The number of thioether (sulfide) groups is 1. The number of benzene rings is 2. The lowest BCUT2D eigenvalue weighted by Crippen LogP contribution is -2.23. The summed E-state index contributed by atoms with van der Waals surface area (Å²) in [5.41, 5.74) is 1.49. The first-order chi connectivity index (χ1) is 10.1. The summed E-state index contributed by atoms with van der Waals surface area (Å²) in [5, 5.41) is 0.663. The van der Waals surface area contributed by atoms with E-state index in [1.54, 1.807) is 18.2 Å². The monoisotopic (exact) mass is 299 g/mol. The fourth-order valence-electron chi connectivity index (χ4n) is 2.34. The Morgan fingerprint density at radius 2 is 1.76 bits per heavy atom. The van der Waals surface area contributed by atoms with Crippen LogP contribution in [0.1, 0.15) is 18.1 Å². The average Bonchev–Trinajstić information content (AvgIpc) is 2.78. The molecule has 0 aliphatic carbocycles. The van der Waals surface area contributed by atoms with Gasteiger partial charge in [-0.3, -0.25) is 4.79 Å². The van der Waals surface area contributed by atoms with Crippen molar-refractivity contribution in [2.45, 2.75) is 18.1 Å². The molecule has 0 radical (unpaired) electrons. The second-order valence-corrected chi connectivity index (χ2v) is 6.57. The smallest absolute Gasteiger partial charge is 0.267 e. The van der Waals surface area contributed by atoms with Crippen LogP contribution in [0.15, 0.2) is 59.6 Å². The molecule has 2 aromatic rings. The Labute approximate surface area is 127 Å².